The molecule has 0 aliphatic heterocycles. The van der Waals surface area contributed by atoms with E-state index in [1.54, 1.807) is 6.92 Å². The third-order valence-electron chi connectivity index (χ3n) is 2.26. The van der Waals surface area contributed by atoms with E-state index in [0.717, 1.165) is 31.4 Å². The molecule has 1 aliphatic rings. The van der Waals surface area contributed by atoms with Crippen LogP contribution < -0.4 is 0 Å². The fourth-order valence-corrected chi connectivity index (χ4v) is 1.34. The molecule has 0 heterocycles. The van der Waals surface area contributed by atoms with E-state index in [1.807, 2.05) is 24.3 Å². The van der Waals surface area contributed by atoms with E-state index in [4.69, 9.17) is 4.74 Å². The van der Waals surface area contributed by atoms with Gasteiger partial charge in [-0.1, -0.05) is 30.9 Å². The lowest BCUT2D eigenvalue weighted by molar-refractivity contribution is -0.135. The van der Waals surface area contributed by atoms with Crippen molar-refractivity contribution in [3.63, 3.8) is 0 Å². The molecule has 0 saturated heterocycles. The summed E-state index contributed by atoms with van der Waals surface area (Å²) >= 11 is 0. The highest BCUT2D eigenvalue weighted by Gasteiger charge is 2.07. The molecule has 0 spiro atoms. The molecular formula is C14H18O2. The van der Waals surface area contributed by atoms with Gasteiger partial charge in [0, 0.05) is 12.0 Å². The second-order valence-corrected chi connectivity index (χ2v) is 3.86. The van der Waals surface area contributed by atoms with Crippen LogP contribution in [0.4, 0.5) is 0 Å². The molecule has 2 nitrogen and oxygen atoms in total. The van der Waals surface area contributed by atoms with Crippen LogP contribution in [0.1, 0.15) is 32.6 Å². The summed E-state index contributed by atoms with van der Waals surface area (Å²) in [7, 11) is 0. The van der Waals surface area contributed by atoms with Crippen LogP contribution >= 0.6 is 0 Å². The molecule has 0 fully saturated rings. The van der Waals surface area contributed by atoms with Crippen LogP contribution in [-0.4, -0.2) is 5.97 Å². The highest BCUT2D eigenvalue weighted by atomic mass is 16.5. The molecule has 86 valence electrons. The molecule has 0 amide bonds. The lowest BCUT2D eigenvalue weighted by atomic mass is 10.1. The molecule has 0 aromatic rings. The predicted octanol–water partition coefficient (Wildman–Crippen LogP) is 3.68. The number of allylic oxidation sites excluding steroid dienone is 6. The average Bonchev–Trinajstić information content (AvgIpc) is 2.27. The third-order valence-corrected chi connectivity index (χ3v) is 2.26. The van der Waals surface area contributed by atoms with Gasteiger partial charge in [-0.2, -0.15) is 0 Å². The number of ether oxygens (including phenoxy) is 1. The van der Waals surface area contributed by atoms with E-state index < -0.39 is 0 Å². The van der Waals surface area contributed by atoms with E-state index in [-0.39, 0.29) is 5.97 Å². The van der Waals surface area contributed by atoms with Crippen molar-refractivity contribution >= 4 is 5.97 Å². The largest absolute Gasteiger partial charge is 0.428 e. The maximum absolute atomic E-state index is 11.4. The van der Waals surface area contributed by atoms with Gasteiger partial charge >= 0.3 is 5.97 Å². The zero-order chi connectivity index (χ0) is 11.8. The second kappa shape index (κ2) is 6.83. The summed E-state index contributed by atoms with van der Waals surface area (Å²) in [5.74, 6) is 0.381. The zero-order valence-corrected chi connectivity index (χ0v) is 9.74. The first-order valence-corrected chi connectivity index (χ1v) is 5.60. The van der Waals surface area contributed by atoms with E-state index in [0.29, 0.717) is 5.57 Å². The van der Waals surface area contributed by atoms with Gasteiger partial charge in [0.25, 0.3) is 0 Å². The Hall–Kier alpha value is -1.57. The molecule has 1 aliphatic carbocycles. The van der Waals surface area contributed by atoms with E-state index in [1.165, 1.54) is 0 Å². The molecular weight excluding hydrogens is 200 g/mol. The number of hydrogen-bond acceptors (Lipinski definition) is 2. The highest BCUT2D eigenvalue weighted by Crippen LogP contribution is 2.14. The topological polar surface area (TPSA) is 26.3 Å². The van der Waals surface area contributed by atoms with Crippen molar-refractivity contribution in [3.8, 4) is 0 Å². The Morgan fingerprint density at radius 3 is 2.88 bits per heavy atom. The van der Waals surface area contributed by atoms with E-state index in [9.17, 15) is 4.79 Å². The zero-order valence-electron chi connectivity index (χ0n) is 9.74. The Morgan fingerprint density at radius 2 is 2.12 bits per heavy atom. The van der Waals surface area contributed by atoms with Crippen LogP contribution in [0.2, 0.25) is 0 Å². The fraction of sp³-hybridized carbons (Fsp3) is 0.357. The third kappa shape index (κ3) is 4.78. The second-order valence-electron chi connectivity index (χ2n) is 3.86. The standard InChI is InChI=1S/C14H18O2/c1-12(2)14(15)16-13-10-8-6-4-3-5-7-9-11-13/h3-4,6,8,10H,1,5,7,9,11H2,2H3/b4-3+,8-6+,13-10-. The van der Waals surface area contributed by atoms with E-state index in [2.05, 4.69) is 12.7 Å². The van der Waals surface area contributed by atoms with Crippen LogP contribution in [0, 0.1) is 0 Å². The molecule has 0 saturated carbocycles. The van der Waals surface area contributed by atoms with Crippen molar-refractivity contribution in [3.05, 3.63) is 48.3 Å². The van der Waals surface area contributed by atoms with Gasteiger partial charge in [0.1, 0.15) is 5.76 Å². The molecule has 0 N–H and O–H groups in total. The summed E-state index contributed by atoms with van der Waals surface area (Å²) in [6, 6.07) is 0. The van der Waals surface area contributed by atoms with Gasteiger partial charge in [0.05, 0.1) is 0 Å². The van der Waals surface area contributed by atoms with Gasteiger partial charge in [-0.05, 0) is 32.3 Å². The lowest BCUT2D eigenvalue weighted by Crippen LogP contribution is -2.05. The molecule has 2 heteroatoms. The Labute approximate surface area is 97.0 Å². The van der Waals surface area contributed by atoms with Gasteiger partial charge < -0.3 is 4.74 Å². The molecule has 0 radical (unpaired) electrons. The van der Waals surface area contributed by atoms with Crippen molar-refractivity contribution in [1.29, 1.82) is 0 Å². The summed E-state index contributed by atoms with van der Waals surface area (Å²) in [6.45, 7) is 5.22. The quantitative estimate of drug-likeness (QED) is 0.522. The average molecular weight is 218 g/mol. The lowest BCUT2D eigenvalue weighted by Gasteiger charge is -2.08. The van der Waals surface area contributed by atoms with Gasteiger partial charge in [0.2, 0.25) is 0 Å². The normalized spacial score (nSPS) is 23.7. The summed E-state index contributed by atoms with van der Waals surface area (Å²) in [5.41, 5.74) is 0.432. The first-order chi connectivity index (χ1) is 7.70. The molecule has 0 aromatic heterocycles. The van der Waals surface area contributed by atoms with Crippen molar-refractivity contribution in [2.24, 2.45) is 0 Å². The molecule has 0 atom stereocenters. The summed E-state index contributed by atoms with van der Waals surface area (Å²) in [5, 5.41) is 0. The Kier molecular flexibility index (Phi) is 5.34. The van der Waals surface area contributed by atoms with Crippen molar-refractivity contribution in [2.75, 3.05) is 0 Å². The molecule has 0 unspecified atom stereocenters. The minimum Gasteiger partial charge on any atom is -0.428 e. The summed E-state index contributed by atoms with van der Waals surface area (Å²) < 4.78 is 5.23. The van der Waals surface area contributed by atoms with Crippen molar-refractivity contribution < 1.29 is 9.53 Å². The molecule has 0 aromatic carbocycles. The number of esters is 1. The highest BCUT2D eigenvalue weighted by molar-refractivity contribution is 5.87. The number of carbonyl (C=O) groups excluding carboxylic acids is 1. The maximum atomic E-state index is 11.4. The molecule has 0 bridgehead atoms. The van der Waals surface area contributed by atoms with Crippen LogP contribution in [0.25, 0.3) is 0 Å². The fourth-order valence-electron chi connectivity index (χ4n) is 1.34. The predicted molar refractivity (Wildman–Crippen MR) is 65.7 cm³/mol. The first-order valence-electron chi connectivity index (χ1n) is 5.60. The smallest absolute Gasteiger partial charge is 0.338 e. The monoisotopic (exact) mass is 218 g/mol. The van der Waals surface area contributed by atoms with Crippen LogP contribution in [0.15, 0.2) is 48.3 Å². The summed E-state index contributed by atoms with van der Waals surface area (Å²) in [6.07, 6.45) is 13.9. The van der Waals surface area contributed by atoms with Gasteiger partial charge in [-0.3, -0.25) is 0 Å². The Bertz CT molecular complexity index is 346. The van der Waals surface area contributed by atoms with Gasteiger partial charge in [-0.25, -0.2) is 4.79 Å². The van der Waals surface area contributed by atoms with Crippen molar-refractivity contribution in [1.82, 2.24) is 0 Å². The van der Waals surface area contributed by atoms with Crippen LogP contribution in [0.3, 0.4) is 0 Å². The van der Waals surface area contributed by atoms with Crippen LogP contribution in [-0.2, 0) is 9.53 Å². The minimum absolute atomic E-state index is 0.341. The Balaban J connectivity index is 2.64. The SMILES string of the molecule is C=C(C)C(=O)O\C1=C/C=C/C=C/CCCC1. The van der Waals surface area contributed by atoms with Gasteiger partial charge in [0.15, 0.2) is 0 Å². The number of carbonyl (C=O) groups is 1. The van der Waals surface area contributed by atoms with Gasteiger partial charge in [-0.15, -0.1) is 0 Å². The Morgan fingerprint density at radius 1 is 1.31 bits per heavy atom. The molecule has 16 heavy (non-hydrogen) atoms. The summed E-state index contributed by atoms with van der Waals surface area (Å²) in [4.78, 5) is 11.4. The minimum atomic E-state index is -0.341. The van der Waals surface area contributed by atoms with E-state index >= 15 is 0 Å². The molecule has 1 rings (SSSR count). The van der Waals surface area contributed by atoms with Crippen molar-refractivity contribution in [2.45, 2.75) is 32.6 Å². The number of hydrogen-bond donors (Lipinski definition) is 0. The first kappa shape index (κ1) is 12.5. The van der Waals surface area contributed by atoms with Crippen LogP contribution in [0.5, 0.6) is 0 Å². The maximum Gasteiger partial charge on any atom is 0.338 e. The number of rotatable bonds is 2.